The molecule has 1 aliphatic heterocycles. The van der Waals surface area contributed by atoms with Gasteiger partial charge in [0, 0.05) is 13.1 Å². The van der Waals surface area contributed by atoms with E-state index in [0.717, 1.165) is 13.0 Å². The van der Waals surface area contributed by atoms with Crippen molar-refractivity contribution in [3.05, 3.63) is 22.8 Å². The average molecular weight is 271 g/mol. The molecule has 0 amide bonds. The fourth-order valence-electron chi connectivity index (χ4n) is 2.03. The van der Waals surface area contributed by atoms with Gasteiger partial charge in [-0.3, -0.25) is 0 Å². The lowest BCUT2D eigenvalue weighted by molar-refractivity contribution is 0.0696. The predicted molar refractivity (Wildman–Crippen MR) is 68.2 cm³/mol. The van der Waals surface area contributed by atoms with Gasteiger partial charge in [0.25, 0.3) is 0 Å². The van der Waals surface area contributed by atoms with E-state index in [4.69, 9.17) is 16.7 Å². The van der Waals surface area contributed by atoms with Crippen LogP contribution in [0.15, 0.2) is 12.1 Å². The van der Waals surface area contributed by atoms with Crippen LogP contribution >= 0.6 is 11.6 Å². The van der Waals surface area contributed by atoms with Gasteiger partial charge in [0.15, 0.2) is 0 Å². The molecule has 2 N–H and O–H groups in total. The van der Waals surface area contributed by atoms with Gasteiger partial charge in [0.2, 0.25) is 0 Å². The lowest BCUT2D eigenvalue weighted by atomic mass is 9.96. The second-order valence-electron chi connectivity index (χ2n) is 4.62. The minimum atomic E-state index is -1.04. The quantitative estimate of drug-likeness (QED) is 0.799. The topological polar surface area (TPSA) is 73.7 Å². The Labute approximate surface area is 110 Å². The van der Waals surface area contributed by atoms with E-state index in [1.807, 2.05) is 11.8 Å². The highest BCUT2D eigenvalue weighted by molar-refractivity contribution is 6.29. The molecule has 0 radical (unpaired) electrons. The van der Waals surface area contributed by atoms with Gasteiger partial charge in [-0.15, -0.1) is 0 Å². The van der Waals surface area contributed by atoms with Gasteiger partial charge >= 0.3 is 5.97 Å². The fourth-order valence-corrected chi connectivity index (χ4v) is 2.23. The van der Waals surface area contributed by atoms with Gasteiger partial charge in [-0.1, -0.05) is 18.5 Å². The first-order chi connectivity index (χ1) is 8.47. The maximum Gasteiger partial charge on any atom is 0.335 e. The molecular weight excluding hydrogens is 256 g/mol. The van der Waals surface area contributed by atoms with Gasteiger partial charge in [-0.05, 0) is 24.5 Å². The minimum Gasteiger partial charge on any atom is -0.478 e. The molecule has 5 nitrogen and oxygen atoms in total. The Kier molecular flexibility index (Phi) is 3.73. The highest BCUT2D eigenvalue weighted by Crippen LogP contribution is 2.24. The zero-order valence-electron chi connectivity index (χ0n) is 10.0. The van der Waals surface area contributed by atoms with E-state index in [0.29, 0.717) is 12.4 Å². The van der Waals surface area contributed by atoms with Crippen molar-refractivity contribution in [1.82, 2.24) is 4.98 Å². The van der Waals surface area contributed by atoms with Crippen molar-refractivity contribution in [2.24, 2.45) is 5.92 Å². The van der Waals surface area contributed by atoms with Crippen LogP contribution in [0.4, 0.5) is 5.82 Å². The van der Waals surface area contributed by atoms with Crippen LogP contribution in [-0.2, 0) is 0 Å². The summed E-state index contributed by atoms with van der Waals surface area (Å²) < 4.78 is 0. The number of anilines is 1. The standard InChI is InChI=1S/C12H15ClN2O3/c1-7-2-3-15(6-9(7)16)11-5-8(12(17)18)4-10(13)14-11/h4-5,7,9,16H,2-3,6H2,1H3,(H,17,18). The van der Waals surface area contributed by atoms with Crippen LogP contribution < -0.4 is 4.90 Å². The molecule has 18 heavy (non-hydrogen) atoms. The van der Waals surface area contributed by atoms with Gasteiger partial charge in [-0.2, -0.15) is 0 Å². The molecule has 0 bridgehead atoms. The molecule has 0 saturated carbocycles. The molecule has 0 spiro atoms. The number of pyridine rings is 1. The third kappa shape index (κ3) is 2.73. The number of halogens is 1. The Morgan fingerprint density at radius 3 is 2.89 bits per heavy atom. The first kappa shape index (κ1) is 13.1. The number of carboxylic acids is 1. The molecule has 1 fully saturated rings. The summed E-state index contributed by atoms with van der Waals surface area (Å²) in [6, 6.07) is 2.80. The Morgan fingerprint density at radius 1 is 1.56 bits per heavy atom. The molecule has 98 valence electrons. The lowest BCUT2D eigenvalue weighted by Gasteiger charge is -2.35. The SMILES string of the molecule is CC1CCN(c2cc(C(=O)O)cc(Cl)n2)CC1O. The number of nitrogens with zero attached hydrogens (tertiary/aromatic N) is 2. The van der Waals surface area contributed by atoms with Gasteiger partial charge < -0.3 is 15.1 Å². The summed E-state index contributed by atoms with van der Waals surface area (Å²) in [5.74, 6) is -0.281. The summed E-state index contributed by atoms with van der Waals surface area (Å²) in [6.07, 6.45) is 0.422. The number of carboxylic acid groups (broad SMARTS) is 1. The molecule has 2 rings (SSSR count). The minimum absolute atomic E-state index is 0.109. The van der Waals surface area contributed by atoms with Crippen LogP contribution in [0.3, 0.4) is 0 Å². The third-order valence-electron chi connectivity index (χ3n) is 3.27. The molecule has 0 aromatic carbocycles. The van der Waals surface area contributed by atoms with Crippen molar-refractivity contribution < 1.29 is 15.0 Å². The number of aliphatic hydroxyl groups is 1. The first-order valence-corrected chi connectivity index (χ1v) is 6.19. The van der Waals surface area contributed by atoms with Crippen LogP contribution in [0.25, 0.3) is 0 Å². The average Bonchev–Trinajstić information content (AvgIpc) is 2.31. The summed E-state index contributed by atoms with van der Waals surface area (Å²) in [6.45, 7) is 3.19. The molecule has 1 aromatic heterocycles. The van der Waals surface area contributed by atoms with Crippen LogP contribution in [0.2, 0.25) is 5.15 Å². The first-order valence-electron chi connectivity index (χ1n) is 5.81. The number of aromatic nitrogens is 1. The van der Waals surface area contributed by atoms with Crippen LogP contribution in [0, 0.1) is 5.92 Å². The number of carbonyl (C=O) groups is 1. The van der Waals surface area contributed by atoms with E-state index in [-0.39, 0.29) is 16.6 Å². The van der Waals surface area contributed by atoms with Crippen LogP contribution in [0.5, 0.6) is 0 Å². The number of hydrogen-bond acceptors (Lipinski definition) is 4. The van der Waals surface area contributed by atoms with Crippen molar-refractivity contribution >= 4 is 23.4 Å². The normalized spacial score (nSPS) is 24.1. The molecule has 6 heteroatoms. The monoisotopic (exact) mass is 270 g/mol. The summed E-state index contributed by atoms with van der Waals surface area (Å²) in [5, 5.41) is 19.0. The number of aliphatic hydroxyl groups excluding tert-OH is 1. The highest BCUT2D eigenvalue weighted by atomic mass is 35.5. The van der Waals surface area contributed by atoms with E-state index >= 15 is 0 Å². The molecular formula is C12H15ClN2O3. The second kappa shape index (κ2) is 5.12. The van der Waals surface area contributed by atoms with Crippen molar-refractivity contribution in [2.45, 2.75) is 19.4 Å². The molecule has 1 aromatic rings. The molecule has 1 aliphatic rings. The zero-order valence-corrected chi connectivity index (χ0v) is 10.8. The zero-order chi connectivity index (χ0) is 13.3. The molecule has 2 unspecified atom stereocenters. The van der Waals surface area contributed by atoms with E-state index in [2.05, 4.69) is 4.98 Å². The number of rotatable bonds is 2. The van der Waals surface area contributed by atoms with Gasteiger partial charge in [-0.25, -0.2) is 9.78 Å². The summed E-state index contributed by atoms with van der Waals surface area (Å²) in [4.78, 5) is 16.9. The van der Waals surface area contributed by atoms with Crippen molar-refractivity contribution in [3.8, 4) is 0 Å². The van der Waals surface area contributed by atoms with Crippen LogP contribution in [0.1, 0.15) is 23.7 Å². The maximum absolute atomic E-state index is 11.0. The lowest BCUT2D eigenvalue weighted by Crippen LogP contribution is -2.43. The Balaban J connectivity index is 2.25. The van der Waals surface area contributed by atoms with Crippen molar-refractivity contribution in [1.29, 1.82) is 0 Å². The van der Waals surface area contributed by atoms with Gasteiger partial charge in [0.05, 0.1) is 11.7 Å². The van der Waals surface area contributed by atoms with Crippen molar-refractivity contribution in [3.63, 3.8) is 0 Å². The largest absolute Gasteiger partial charge is 0.478 e. The van der Waals surface area contributed by atoms with E-state index in [1.54, 1.807) is 0 Å². The molecule has 0 aliphatic carbocycles. The Hall–Kier alpha value is -1.33. The van der Waals surface area contributed by atoms with Crippen LogP contribution in [-0.4, -0.2) is 40.4 Å². The van der Waals surface area contributed by atoms with Gasteiger partial charge in [0.1, 0.15) is 11.0 Å². The predicted octanol–water partition coefficient (Wildman–Crippen LogP) is 1.64. The highest BCUT2D eigenvalue weighted by Gasteiger charge is 2.25. The second-order valence-corrected chi connectivity index (χ2v) is 5.01. The summed E-state index contributed by atoms with van der Waals surface area (Å²) >= 11 is 5.81. The fraction of sp³-hybridized carbons (Fsp3) is 0.500. The molecule has 1 saturated heterocycles. The van der Waals surface area contributed by atoms with E-state index in [1.165, 1.54) is 12.1 Å². The van der Waals surface area contributed by atoms with E-state index < -0.39 is 12.1 Å². The molecule has 2 heterocycles. The third-order valence-corrected chi connectivity index (χ3v) is 3.46. The Bertz CT molecular complexity index is 467. The number of hydrogen-bond donors (Lipinski definition) is 2. The number of β-amino-alcohol motifs (C(OH)–C–C–N with tert-alkyl or cyclic N) is 1. The maximum atomic E-state index is 11.0. The number of piperidine rings is 1. The number of aromatic carboxylic acids is 1. The summed E-state index contributed by atoms with van der Waals surface area (Å²) in [7, 11) is 0. The molecule has 2 atom stereocenters. The van der Waals surface area contributed by atoms with Crippen molar-refractivity contribution in [2.75, 3.05) is 18.0 Å². The summed E-state index contributed by atoms with van der Waals surface area (Å²) in [5.41, 5.74) is 0.109. The smallest absolute Gasteiger partial charge is 0.335 e. The Morgan fingerprint density at radius 2 is 2.28 bits per heavy atom. The van der Waals surface area contributed by atoms with E-state index in [9.17, 15) is 9.90 Å².